The summed E-state index contributed by atoms with van der Waals surface area (Å²) in [6.45, 7) is 1.93. The first-order valence-electron chi connectivity index (χ1n) is 5.93. The van der Waals surface area contributed by atoms with Crippen molar-refractivity contribution >= 4 is 27.5 Å². The van der Waals surface area contributed by atoms with E-state index in [0.717, 1.165) is 15.6 Å². The SMILES string of the molecule is Cc1c(Cl)cccc1C(N)Cc1cc(Br)ccc1F. The predicted molar refractivity (Wildman–Crippen MR) is 80.9 cm³/mol. The molecule has 19 heavy (non-hydrogen) atoms. The summed E-state index contributed by atoms with van der Waals surface area (Å²) >= 11 is 9.42. The third kappa shape index (κ3) is 3.35. The second-order valence-corrected chi connectivity index (χ2v) is 5.82. The summed E-state index contributed by atoms with van der Waals surface area (Å²) < 4.78 is 14.6. The molecule has 0 aliphatic rings. The molecule has 0 spiro atoms. The van der Waals surface area contributed by atoms with Gasteiger partial charge in [0.25, 0.3) is 0 Å². The van der Waals surface area contributed by atoms with Gasteiger partial charge in [0.2, 0.25) is 0 Å². The van der Waals surface area contributed by atoms with Crippen LogP contribution >= 0.6 is 27.5 Å². The third-order valence-corrected chi connectivity index (χ3v) is 4.06. The molecular formula is C15H14BrClFN. The van der Waals surface area contributed by atoms with Crippen LogP contribution in [-0.4, -0.2) is 0 Å². The zero-order chi connectivity index (χ0) is 14.0. The molecule has 0 aliphatic carbocycles. The van der Waals surface area contributed by atoms with Crippen molar-refractivity contribution in [3.63, 3.8) is 0 Å². The Morgan fingerprint density at radius 3 is 2.79 bits per heavy atom. The quantitative estimate of drug-likeness (QED) is 0.852. The van der Waals surface area contributed by atoms with E-state index < -0.39 is 0 Å². The van der Waals surface area contributed by atoms with Crippen LogP contribution in [-0.2, 0) is 6.42 Å². The highest BCUT2D eigenvalue weighted by atomic mass is 79.9. The van der Waals surface area contributed by atoms with Crippen LogP contribution in [0.3, 0.4) is 0 Å². The van der Waals surface area contributed by atoms with Crippen molar-refractivity contribution in [2.75, 3.05) is 0 Å². The maximum absolute atomic E-state index is 13.7. The average molecular weight is 343 g/mol. The van der Waals surface area contributed by atoms with E-state index in [4.69, 9.17) is 17.3 Å². The number of nitrogens with two attached hydrogens (primary N) is 1. The van der Waals surface area contributed by atoms with Gasteiger partial charge in [-0.05, 0) is 54.3 Å². The van der Waals surface area contributed by atoms with Crippen LogP contribution in [0, 0.1) is 12.7 Å². The van der Waals surface area contributed by atoms with Crippen LogP contribution in [0.15, 0.2) is 40.9 Å². The van der Waals surface area contributed by atoms with E-state index in [2.05, 4.69) is 15.9 Å². The fourth-order valence-corrected chi connectivity index (χ4v) is 2.66. The average Bonchev–Trinajstić information content (AvgIpc) is 2.37. The van der Waals surface area contributed by atoms with E-state index >= 15 is 0 Å². The van der Waals surface area contributed by atoms with Gasteiger partial charge in [0.1, 0.15) is 5.82 Å². The number of hydrogen-bond donors (Lipinski definition) is 1. The molecule has 100 valence electrons. The minimum Gasteiger partial charge on any atom is -0.324 e. The molecule has 2 rings (SSSR count). The molecule has 1 atom stereocenters. The van der Waals surface area contributed by atoms with Crippen LogP contribution in [0.2, 0.25) is 5.02 Å². The molecule has 0 heterocycles. The summed E-state index contributed by atoms with van der Waals surface area (Å²) in [5, 5.41) is 0.683. The molecular weight excluding hydrogens is 329 g/mol. The van der Waals surface area contributed by atoms with E-state index in [-0.39, 0.29) is 11.9 Å². The minimum absolute atomic E-state index is 0.238. The standard InChI is InChI=1S/C15H14BrClFN/c1-9-12(3-2-4-13(9)17)15(19)8-10-7-11(16)5-6-14(10)18/h2-7,15H,8,19H2,1H3. The first-order valence-corrected chi connectivity index (χ1v) is 7.10. The van der Waals surface area contributed by atoms with Crippen molar-refractivity contribution in [3.8, 4) is 0 Å². The molecule has 0 aliphatic heterocycles. The van der Waals surface area contributed by atoms with Gasteiger partial charge < -0.3 is 5.73 Å². The van der Waals surface area contributed by atoms with Crippen molar-refractivity contribution < 1.29 is 4.39 Å². The molecule has 2 aromatic rings. The van der Waals surface area contributed by atoms with Gasteiger partial charge in [-0.2, -0.15) is 0 Å². The molecule has 0 fully saturated rings. The Morgan fingerprint density at radius 2 is 2.05 bits per heavy atom. The van der Waals surface area contributed by atoms with E-state index in [1.54, 1.807) is 12.1 Å². The van der Waals surface area contributed by atoms with Gasteiger partial charge in [0, 0.05) is 15.5 Å². The lowest BCUT2D eigenvalue weighted by Gasteiger charge is -2.16. The van der Waals surface area contributed by atoms with E-state index in [0.29, 0.717) is 17.0 Å². The van der Waals surface area contributed by atoms with Crippen molar-refractivity contribution in [1.82, 2.24) is 0 Å². The molecule has 0 aromatic heterocycles. The van der Waals surface area contributed by atoms with Gasteiger partial charge >= 0.3 is 0 Å². The summed E-state index contributed by atoms with van der Waals surface area (Å²) in [4.78, 5) is 0. The fraction of sp³-hybridized carbons (Fsp3) is 0.200. The second-order valence-electron chi connectivity index (χ2n) is 4.50. The highest BCUT2D eigenvalue weighted by molar-refractivity contribution is 9.10. The zero-order valence-electron chi connectivity index (χ0n) is 10.5. The van der Waals surface area contributed by atoms with Crippen LogP contribution in [0.25, 0.3) is 0 Å². The highest BCUT2D eigenvalue weighted by Crippen LogP contribution is 2.26. The van der Waals surface area contributed by atoms with Gasteiger partial charge in [-0.25, -0.2) is 4.39 Å². The third-order valence-electron chi connectivity index (χ3n) is 3.16. The Labute approximate surface area is 125 Å². The van der Waals surface area contributed by atoms with Gasteiger partial charge in [-0.15, -0.1) is 0 Å². The summed E-state index contributed by atoms with van der Waals surface area (Å²) in [6, 6.07) is 10.2. The first-order chi connectivity index (χ1) is 8.99. The summed E-state index contributed by atoms with van der Waals surface area (Å²) in [6.07, 6.45) is 0.437. The van der Waals surface area contributed by atoms with E-state index in [1.165, 1.54) is 6.07 Å². The summed E-state index contributed by atoms with van der Waals surface area (Å²) in [7, 11) is 0. The molecule has 2 N–H and O–H groups in total. The fourth-order valence-electron chi connectivity index (χ4n) is 2.07. The monoisotopic (exact) mass is 341 g/mol. The predicted octanol–water partition coefficient (Wildman–Crippen LogP) is 4.79. The molecule has 0 saturated heterocycles. The van der Waals surface area contributed by atoms with Crippen LogP contribution < -0.4 is 5.73 Å². The van der Waals surface area contributed by atoms with Crippen molar-refractivity contribution in [2.24, 2.45) is 5.73 Å². The van der Waals surface area contributed by atoms with Crippen LogP contribution in [0.4, 0.5) is 4.39 Å². The van der Waals surface area contributed by atoms with Crippen molar-refractivity contribution in [1.29, 1.82) is 0 Å². The summed E-state index contributed by atoms with van der Waals surface area (Å²) in [5.41, 5.74) is 8.68. The topological polar surface area (TPSA) is 26.0 Å². The van der Waals surface area contributed by atoms with Gasteiger partial charge in [-0.3, -0.25) is 0 Å². The van der Waals surface area contributed by atoms with Gasteiger partial charge in [-0.1, -0.05) is 39.7 Å². The van der Waals surface area contributed by atoms with Gasteiger partial charge in [0.15, 0.2) is 0 Å². The van der Waals surface area contributed by atoms with Crippen molar-refractivity contribution in [2.45, 2.75) is 19.4 Å². The molecule has 2 aromatic carbocycles. The molecule has 1 unspecified atom stereocenters. The Kier molecular flexibility index (Phi) is 4.61. The van der Waals surface area contributed by atoms with Crippen LogP contribution in [0.1, 0.15) is 22.7 Å². The normalized spacial score (nSPS) is 12.5. The number of benzene rings is 2. The van der Waals surface area contributed by atoms with E-state index in [1.807, 2.05) is 25.1 Å². The number of hydrogen-bond acceptors (Lipinski definition) is 1. The Bertz CT molecular complexity index is 601. The zero-order valence-corrected chi connectivity index (χ0v) is 12.8. The highest BCUT2D eigenvalue weighted by Gasteiger charge is 2.14. The second kappa shape index (κ2) is 6.04. The molecule has 0 amide bonds. The van der Waals surface area contributed by atoms with Gasteiger partial charge in [0.05, 0.1) is 0 Å². The molecule has 0 saturated carbocycles. The smallest absolute Gasteiger partial charge is 0.126 e. The first kappa shape index (κ1) is 14.5. The maximum Gasteiger partial charge on any atom is 0.126 e. The molecule has 0 radical (unpaired) electrons. The lowest BCUT2D eigenvalue weighted by molar-refractivity contribution is 0.592. The Balaban J connectivity index is 2.28. The Hall–Kier alpha value is -0.900. The summed E-state index contributed by atoms with van der Waals surface area (Å²) in [5.74, 6) is -0.238. The molecule has 4 heteroatoms. The van der Waals surface area contributed by atoms with E-state index in [9.17, 15) is 4.39 Å². The van der Waals surface area contributed by atoms with Crippen LogP contribution in [0.5, 0.6) is 0 Å². The lowest BCUT2D eigenvalue weighted by Crippen LogP contribution is -2.15. The van der Waals surface area contributed by atoms with Crippen molar-refractivity contribution in [3.05, 3.63) is 68.4 Å². The number of rotatable bonds is 3. The largest absolute Gasteiger partial charge is 0.324 e. The number of halogens is 3. The lowest BCUT2D eigenvalue weighted by atomic mass is 9.96. The Morgan fingerprint density at radius 1 is 1.32 bits per heavy atom. The minimum atomic E-state index is -0.275. The maximum atomic E-state index is 13.7. The molecule has 0 bridgehead atoms. The molecule has 1 nitrogen and oxygen atoms in total.